The zero-order valence-electron chi connectivity index (χ0n) is 5.39. The second-order valence-corrected chi connectivity index (χ2v) is 2.39. The lowest BCUT2D eigenvalue weighted by atomic mass is 10.1. The van der Waals surface area contributed by atoms with E-state index in [2.05, 4.69) is 4.84 Å². The Kier molecular flexibility index (Phi) is 3.58. The van der Waals surface area contributed by atoms with Crippen LogP contribution in [0.3, 0.4) is 0 Å². The smallest absolute Gasteiger partial charge is 0.322 e. The first-order valence-corrected chi connectivity index (χ1v) is 3.06. The summed E-state index contributed by atoms with van der Waals surface area (Å²) in [5.74, 6) is -0.903. The van der Waals surface area contributed by atoms with Crippen molar-refractivity contribution < 1.29 is 9.90 Å². The Labute approximate surface area is 59.1 Å². The predicted octanol–water partition coefficient (Wildman–Crippen LogP) is 0.839. The first-order chi connectivity index (χ1) is 4.09. The largest absolute Gasteiger partial charge is 0.480 e. The monoisotopic (exact) mass is 151 g/mol. The molecule has 0 aromatic rings. The molecule has 0 saturated heterocycles. The third kappa shape index (κ3) is 2.67. The second kappa shape index (κ2) is 3.69. The van der Waals surface area contributed by atoms with Crippen molar-refractivity contribution in [3.05, 3.63) is 0 Å². The van der Waals surface area contributed by atoms with Gasteiger partial charge in [0.1, 0.15) is 6.04 Å². The molecule has 0 saturated carbocycles. The molecule has 1 atom stereocenters. The molecular weight excluding hydrogens is 142 g/mol. The molecule has 0 unspecified atom stereocenters. The average molecular weight is 152 g/mol. The quantitative estimate of drug-likeness (QED) is 0.588. The molecule has 0 aliphatic heterocycles. The van der Waals surface area contributed by atoms with Gasteiger partial charge in [-0.3, -0.25) is 4.79 Å². The minimum absolute atomic E-state index is 0.0139. The standard InChI is InChI=1S/C5H10ClNO2/c1-3(2)4(7-6)5(8)9/h3-4,7H,1-2H3,(H,8,9)/t4-/m0/s1. The van der Waals surface area contributed by atoms with Gasteiger partial charge in [0, 0.05) is 0 Å². The van der Waals surface area contributed by atoms with Crippen LogP contribution in [0, 0.1) is 5.92 Å². The van der Waals surface area contributed by atoms with Crippen LogP contribution in [-0.4, -0.2) is 17.1 Å². The fourth-order valence-electron chi connectivity index (χ4n) is 0.458. The van der Waals surface area contributed by atoms with Crippen LogP contribution < -0.4 is 4.84 Å². The van der Waals surface area contributed by atoms with E-state index >= 15 is 0 Å². The molecule has 0 aromatic heterocycles. The summed E-state index contributed by atoms with van der Waals surface area (Å²) in [4.78, 5) is 12.4. The number of carboxylic acid groups (broad SMARTS) is 1. The Morgan fingerprint density at radius 3 is 2.11 bits per heavy atom. The summed E-state index contributed by atoms with van der Waals surface area (Å²) < 4.78 is 0. The van der Waals surface area contributed by atoms with Crippen molar-refractivity contribution in [1.29, 1.82) is 0 Å². The number of carbonyl (C=O) groups is 1. The Balaban J connectivity index is 3.83. The van der Waals surface area contributed by atoms with Crippen molar-refractivity contribution in [2.45, 2.75) is 19.9 Å². The van der Waals surface area contributed by atoms with E-state index in [9.17, 15) is 4.79 Å². The third-order valence-corrected chi connectivity index (χ3v) is 1.29. The van der Waals surface area contributed by atoms with E-state index in [1.54, 1.807) is 13.8 Å². The molecule has 0 rings (SSSR count). The van der Waals surface area contributed by atoms with Crippen molar-refractivity contribution in [2.24, 2.45) is 5.92 Å². The van der Waals surface area contributed by atoms with Crippen LogP contribution in [0.4, 0.5) is 0 Å². The Morgan fingerprint density at radius 1 is 1.67 bits per heavy atom. The summed E-state index contributed by atoms with van der Waals surface area (Å²) >= 11 is 5.13. The highest BCUT2D eigenvalue weighted by molar-refractivity contribution is 6.14. The molecule has 0 bridgehead atoms. The molecule has 0 aromatic carbocycles. The second-order valence-electron chi connectivity index (χ2n) is 2.17. The topological polar surface area (TPSA) is 49.3 Å². The first kappa shape index (κ1) is 8.72. The SMILES string of the molecule is CC(C)[C@H](NCl)C(=O)O. The molecule has 9 heavy (non-hydrogen) atoms. The Morgan fingerprint density at radius 2 is 2.11 bits per heavy atom. The molecule has 0 aliphatic carbocycles. The van der Waals surface area contributed by atoms with Crippen LogP contribution in [0.5, 0.6) is 0 Å². The van der Waals surface area contributed by atoms with E-state index in [0.29, 0.717) is 0 Å². The predicted molar refractivity (Wildman–Crippen MR) is 35.3 cm³/mol. The number of hydrogen-bond donors (Lipinski definition) is 2. The van der Waals surface area contributed by atoms with Gasteiger partial charge in [0.05, 0.1) is 0 Å². The summed E-state index contributed by atoms with van der Waals surface area (Å²) in [5, 5.41) is 8.40. The van der Waals surface area contributed by atoms with Gasteiger partial charge in [0.25, 0.3) is 0 Å². The molecule has 0 spiro atoms. The molecule has 3 nitrogen and oxygen atoms in total. The lowest BCUT2D eigenvalue weighted by molar-refractivity contribution is -0.140. The van der Waals surface area contributed by atoms with E-state index in [4.69, 9.17) is 16.9 Å². The van der Waals surface area contributed by atoms with Crippen LogP contribution in [0.1, 0.15) is 13.8 Å². The van der Waals surface area contributed by atoms with Crippen LogP contribution in [0.15, 0.2) is 0 Å². The highest BCUT2D eigenvalue weighted by Gasteiger charge is 2.19. The maximum atomic E-state index is 10.2. The van der Waals surface area contributed by atoms with Crippen molar-refractivity contribution >= 4 is 17.7 Å². The van der Waals surface area contributed by atoms with Crippen LogP contribution >= 0.6 is 11.8 Å². The molecular formula is C5H10ClNO2. The summed E-state index contributed by atoms with van der Waals surface area (Å²) in [5.41, 5.74) is 0. The Bertz CT molecular complexity index is 105. The van der Waals surface area contributed by atoms with E-state index in [1.807, 2.05) is 0 Å². The van der Waals surface area contributed by atoms with Crippen molar-refractivity contribution in [1.82, 2.24) is 4.84 Å². The fourth-order valence-corrected chi connectivity index (χ4v) is 0.803. The van der Waals surface area contributed by atoms with Crippen LogP contribution in [0.25, 0.3) is 0 Å². The average Bonchev–Trinajstić information content (AvgIpc) is 1.64. The summed E-state index contributed by atoms with van der Waals surface area (Å²) in [6.45, 7) is 3.57. The molecule has 0 fully saturated rings. The molecule has 0 radical (unpaired) electrons. The summed E-state index contributed by atoms with van der Waals surface area (Å²) in [6, 6.07) is -0.647. The maximum absolute atomic E-state index is 10.2. The fraction of sp³-hybridized carbons (Fsp3) is 0.800. The number of carboxylic acids is 1. The van der Waals surface area contributed by atoms with E-state index in [1.165, 1.54) is 0 Å². The van der Waals surface area contributed by atoms with Gasteiger partial charge in [-0.05, 0) is 17.7 Å². The van der Waals surface area contributed by atoms with Crippen molar-refractivity contribution in [3.8, 4) is 0 Å². The van der Waals surface area contributed by atoms with Gasteiger partial charge in [-0.1, -0.05) is 13.8 Å². The highest BCUT2D eigenvalue weighted by Crippen LogP contribution is 2.01. The molecule has 0 heterocycles. The number of rotatable bonds is 3. The maximum Gasteiger partial charge on any atom is 0.322 e. The zero-order valence-corrected chi connectivity index (χ0v) is 6.14. The minimum atomic E-state index is -0.917. The summed E-state index contributed by atoms with van der Waals surface area (Å²) in [7, 11) is 0. The van der Waals surface area contributed by atoms with E-state index in [0.717, 1.165) is 0 Å². The molecule has 4 heteroatoms. The van der Waals surface area contributed by atoms with Gasteiger partial charge < -0.3 is 5.11 Å². The molecule has 0 amide bonds. The minimum Gasteiger partial charge on any atom is -0.480 e. The Hall–Kier alpha value is -0.280. The van der Waals surface area contributed by atoms with Gasteiger partial charge in [-0.15, -0.1) is 0 Å². The summed E-state index contributed by atoms with van der Waals surface area (Å²) in [6.07, 6.45) is 0. The number of aliphatic carboxylic acids is 1. The molecule has 2 N–H and O–H groups in total. The lowest BCUT2D eigenvalue weighted by Gasteiger charge is -2.11. The van der Waals surface area contributed by atoms with Crippen molar-refractivity contribution in [2.75, 3.05) is 0 Å². The number of halogens is 1. The van der Waals surface area contributed by atoms with E-state index in [-0.39, 0.29) is 5.92 Å². The van der Waals surface area contributed by atoms with Crippen molar-refractivity contribution in [3.63, 3.8) is 0 Å². The van der Waals surface area contributed by atoms with Crippen LogP contribution in [-0.2, 0) is 4.79 Å². The van der Waals surface area contributed by atoms with E-state index < -0.39 is 12.0 Å². The number of hydrogen-bond acceptors (Lipinski definition) is 2. The highest BCUT2D eigenvalue weighted by atomic mass is 35.5. The first-order valence-electron chi connectivity index (χ1n) is 2.68. The van der Waals surface area contributed by atoms with Gasteiger partial charge in [-0.2, -0.15) is 0 Å². The van der Waals surface area contributed by atoms with Crippen LogP contribution in [0.2, 0.25) is 0 Å². The third-order valence-electron chi connectivity index (χ3n) is 1.05. The molecule has 0 aliphatic rings. The van der Waals surface area contributed by atoms with Gasteiger partial charge >= 0.3 is 5.97 Å². The van der Waals surface area contributed by atoms with Gasteiger partial charge in [-0.25, -0.2) is 4.84 Å². The van der Waals surface area contributed by atoms with Gasteiger partial charge in [0.15, 0.2) is 0 Å². The molecule has 54 valence electrons. The zero-order chi connectivity index (χ0) is 7.44. The lowest BCUT2D eigenvalue weighted by Crippen LogP contribution is -2.35. The van der Waals surface area contributed by atoms with Gasteiger partial charge in [0.2, 0.25) is 0 Å². The number of nitrogens with one attached hydrogen (secondary N) is 1. The normalized spacial score (nSPS) is 13.8.